The number of carbonyl (C=O) groups is 1. The summed E-state index contributed by atoms with van der Waals surface area (Å²) in [6.07, 6.45) is 15.1. The second kappa shape index (κ2) is 14.1. The van der Waals surface area contributed by atoms with E-state index in [0.29, 0.717) is 0 Å². The second-order valence-electron chi connectivity index (χ2n) is 6.85. The molecule has 0 radical (unpaired) electrons. The Morgan fingerprint density at radius 2 is 1.33 bits per heavy atom. The van der Waals surface area contributed by atoms with Crippen LogP contribution in [0.2, 0.25) is 0 Å². The second-order valence-corrected chi connectivity index (χ2v) is 6.85. The minimum atomic E-state index is -0.286. The molecule has 1 aromatic carbocycles. The predicted molar refractivity (Wildman–Crippen MR) is 103 cm³/mol. The summed E-state index contributed by atoms with van der Waals surface area (Å²) in [4.78, 5) is 11.7. The average Bonchev–Trinajstić information content (AvgIpc) is 2.59. The van der Waals surface area contributed by atoms with Gasteiger partial charge in [0.05, 0.1) is 0 Å². The van der Waals surface area contributed by atoms with E-state index in [-0.39, 0.29) is 11.9 Å². The summed E-state index contributed by atoms with van der Waals surface area (Å²) >= 11 is 0. The molecule has 2 nitrogen and oxygen atoms in total. The quantitative estimate of drug-likeness (QED) is 0.333. The van der Waals surface area contributed by atoms with Gasteiger partial charge in [-0.1, -0.05) is 89.3 Å². The Hall–Kier alpha value is -1.31. The number of unbranched alkanes of at least 4 members (excludes halogenated alkanes) is 10. The summed E-state index contributed by atoms with van der Waals surface area (Å²) in [5, 5.41) is 0. The van der Waals surface area contributed by atoms with Gasteiger partial charge in [-0.2, -0.15) is 0 Å². The van der Waals surface area contributed by atoms with Crippen LogP contribution in [-0.4, -0.2) is 11.9 Å². The van der Waals surface area contributed by atoms with Gasteiger partial charge >= 0.3 is 0 Å². The maximum atomic E-state index is 11.7. The molecule has 0 fully saturated rings. The van der Waals surface area contributed by atoms with Crippen LogP contribution in [0.3, 0.4) is 0 Å². The van der Waals surface area contributed by atoms with Crippen LogP contribution in [-0.2, 0) is 4.79 Å². The highest BCUT2D eigenvalue weighted by atomic mass is 16.5. The highest BCUT2D eigenvalue weighted by Crippen LogP contribution is 2.17. The minimum absolute atomic E-state index is 0.130. The van der Waals surface area contributed by atoms with Crippen molar-refractivity contribution >= 4 is 5.78 Å². The van der Waals surface area contributed by atoms with E-state index < -0.39 is 0 Å². The van der Waals surface area contributed by atoms with Gasteiger partial charge in [-0.05, 0) is 31.9 Å². The van der Waals surface area contributed by atoms with Crippen molar-refractivity contribution in [1.82, 2.24) is 0 Å². The summed E-state index contributed by atoms with van der Waals surface area (Å²) in [6, 6.07) is 9.66. The van der Waals surface area contributed by atoms with E-state index in [2.05, 4.69) is 6.92 Å². The van der Waals surface area contributed by atoms with E-state index in [1.807, 2.05) is 30.3 Å². The Bertz CT molecular complexity index is 413. The van der Waals surface area contributed by atoms with Gasteiger partial charge in [0.15, 0.2) is 11.9 Å². The molecule has 1 atom stereocenters. The predicted octanol–water partition coefficient (Wildman–Crippen LogP) is 6.72. The Balaban J connectivity index is 2.02. The molecule has 0 amide bonds. The normalized spacial score (nSPS) is 12.1. The maximum absolute atomic E-state index is 11.7. The Morgan fingerprint density at radius 3 is 1.83 bits per heavy atom. The van der Waals surface area contributed by atoms with E-state index >= 15 is 0 Å². The molecule has 0 spiro atoms. The average molecular weight is 333 g/mol. The van der Waals surface area contributed by atoms with Gasteiger partial charge in [0.2, 0.25) is 0 Å². The van der Waals surface area contributed by atoms with Crippen molar-refractivity contribution in [3.8, 4) is 5.75 Å². The smallest absolute Gasteiger partial charge is 0.170 e. The number of benzene rings is 1. The molecule has 1 aromatic rings. The molecule has 0 aliphatic heterocycles. The molecule has 0 aliphatic rings. The van der Waals surface area contributed by atoms with Gasteiger partial charge in [0.1, 0.15) is 5.75 Å². The minimum Gasteiger partial charge on any atom is -0.483 e. The zero-order valence-electron chi connectivity index (χ0n) is 15.8. The van der Waals surface area contributed by atoms with Gasteiger partial charge in [-0.3, -0.25) is 4.79 Å². The van der Waals surface area contributed by atoms with Gasteiger partial charge in [-0.25, -0.2) is 0 Å². The first-order chi connectivity index (χ1) is 11.7. The molecule has 0 heterocycles. The first-order valence-electron chi connectivity index (χ1n) is 9.96. The standard InChI is InChI=1S/C22H36O2/c1-3-4-5-6-7-8-9-10-11-12-16-19-22(20(2)23)24-21-17-14-13-15-18-21/h13-15,17-18,22H,3-12,16,19H2,1-2H3. The summed E-state index contributed by atoms with van der Waals surface area (Å²) in [7, 11) is 0. The van der Waals surface area contributed by atoms with Crippen molar-refractivity contribution in [2.24, 2.45) is 0 Å². The van der Waals surface area contributed by atoms with E-state index in [0.717, 1.165) is 18.6 Å². The number of ketones is 1. The van der Waals surface area contributed by atoms with E-state index in [9.17, 15) is 4.79 Å². The largest absolute Gasteiger partial charge is 0.483 e. The highest BCUT2D eigenvalue weighted by Gasteiger charge is 2.15. The van der Waals surface area contributed by atoms with Crippen LogP contribution >= 0.6 is 0 Å². The summed E-state index contributed by atoms with van der Waals surface area (Å²) in [5.74, 6) is 0.923. The number of para-hydroxylation sites is 1. The zero-order valence-corrected chi connectivity index (χ0v) is 15.8. The van der Waals surface area contributed by atoms with Crippen LogP contribution in [0.5, 0.6) is 5.75 Å². The third kappa shape index (κ3) is 10.5. The van der Waals surface area contributed by atoms with Crippen LogP contribution in [0.4, 0.5) is 0 Å². The Morgan fingerprint density at radius 1 is 0.833 bits per heavy atom. The van der Waals surface area contributed by atoms with Crippen LogP contribution in [0, 0.1) is 0 Å². The lowest BCUT2D eigenvalue weighted by Crippen LogP contribution is -2.24. The Labute approximate surface area is 149 Å². The van der Waals surface area contributed by atoms with Crippen molar-refractivity contribution in [1.29, 1.82) is 0 Å². The first-order valence-corrected chi connectivity index (χ1v) is 9.96. The maximum Gasteiger partial charge on any atom is 0.170 e. The summed E-state index contributed by atoms with van der Waals surface area (Å²) < 4.78 is 5.82. The number of hydrogen-bond donors (Lipinski definition) is 0. The third-order valence-electron chi connectivity index (χ3n) is 4.54. The van der Waals surface area contributed by atoms with Crippen molar-refractivity contribution in [3.05, 3.63) is 30.3 Å². The molecule has 0 saturated carbocycles. The molecule has 0 aliphatic carbocycles. The SMILES string of the molecule is CCCCCCCCCCCCCC(Oc1ccccc1)C(C)=O. The molecule has 0 N–H and O–H groups in total. The van der Waals surface area contributed by atoms with Crippen molar-refractivity contribution < 1.29 is 9.53 Å². The van der Waals surface area contributed by atoms with Crippen molar-refractivity contribution in [2.45, 2.75) is 97.0 Å². The van der Waals surface area contributed by atoms with Gasteiger partial charge in [-0.15, -0.1) is 0 Å². The number of hydrogen-bond acceptors (Lipinski definition) is 2. The summed E-state index contributed by atoms with van der Waals surface area (Å²) in [6.45, 7) is 3.90. The molecular weight excluding hydrogens is 296 g/mol. The fourth-order valence-electron chi connectivity index (χ4n) is 3.00. The summed E-state index contributed by atoms with van der Waals surface area (Å²) in [5.41, 5.74) is 0. The van der Waals surface area contributed by atoms with E-state index in [4.69, 9.17) is 4.74 Å². The van der Waals surface area contributed by atoms with Gasteiger partial charge < -0.3 is 4.74 Å². The van der Waals surface area contributed by atoms with Crippen LogP contribution in [0.25, 0.3) is 0 Å². The Kier molecular flexibility index (Phi) is 12.2. The fraction of sp³-hybridized carbons (Fsp3) is 0.682. The third-order valence-corrected chi connectivity index (χ3v) is 4.54. The molecule has 2 heteroatoms. The highest BCUT2D eigenvalue weighted by molar-refractivity contribution is 5.80. The molecule has 24 heavy (non-hydrogen) atoms. The number of carbonyl (C=O) groups excluding carboxylic acids is 1. The molecule has 0 bridgehead atoms. The van der Waals surface area contributed by atoms with Crippen molar-refractivity contribution in [2.75, 3.05) is 0 Å². The van der Waals surface area contributed by atoms with Crippen molar-refractivity contribution in [3.63, 3.8) is 0 Å². The molecule has 1 rings (SSSR count). The lowest BCUT2D eigenvalue weighted by Gasteiger charge is -2.16. The molecule has 1 unspecified atom stereocenters. The first kappa shape index (κ1) is 20.7. The van der Waals surface area contributed by atoms with Crippen LogP contribution < -0.4 is 4.74 Å². The monoisotopic (exact) mass is 332 g/mol. The van der Waals surface area contributed by atoms with E-state index in [1.165, 1.54) is 64.2 Å². The number of rotatable bonds is 15. The topological polar surface area (TPSA) is 26.3 Å². The molecular formula is C22H36O2. The lowest BCUT2D eigenvalue weighted by atomic mass is 10.0. The zero-order chi connectivity index (χ0) is 17.5. The molecule has 0 aromatic heterocycles. The van der Waals surface area contributed by atoms with Crippen LogP contribution in [0.1, 0.15) is 90.9 Å². The lowest BCUT2D eigenvalue weighted by molar-refractivity contribution is -0.123. The van der Waals surface area contributed by atoms with Gasteiger partial charge in [0, 0.05) is 0 Å². The van der Waals surface area contributed by atoms with Crippen LogP contribution in [0.15, 0.2) is 30.3 Å². The fourth-order valence-corrected chi connectivity index (χ4v) is 3.00. The number of Topliss-reactive ketones (excluding diaryl/α,β-unsaturated/α-hetero) is 1. The number of ether oxygens (including phenoxy) is 1. The molecule has 0 saturated heterocycles. The van der Waals surface area contributed by atoms with E-state index in [1.54, 1.807) is 6.92 Å². The molecule has 136 valence electrons. The van der Waals surface area contributed by atoms with Gasteiger partial charge in [0.25, 0.3) is 0 Å².